The third kappa shape index (κ3) is 5.34. The van der Waals surface area contributed by atoms with Crippen molar-refractivity contribution in [2.75, 3.05) is 32.9 Å². The highest BCUT2D eigenvalue weighted by Crippen LogP contribution is 2.17. The first-order valence-corrected chi connectivity index (χ1v) is 6.89. The standard InChI is InChI=1S/C13H27NO3/c1-3-16-13(17-4-2)10-14-9-7-5-6-8-12(14)11-15/h12-13,15H,3-11H2,1-2H3. The van der Waals surface area contributed by atoms with Gasteiger partial charge in [0.2, 0.25) is 0 Å². The van der Waals surface area contributed by atoms with E-state index in [4.69, 9.17) is 9.47 Å². The average molecular weight is 245 g/mol. The number of nitrogens with zero attached hydrogens (tertiary/aromatic N) is 1. The molecule has 0 spiro atoms. The molecule has 1 aliphatic rings. The summed E-state index contributed by atoms with van der Waals surface area (Å²) in [6, 6.07) is 0.279. The van der Waals surface area contributed by atoms with Crippen molar-refractivity contribution in [1.82, 2.24) is 4.90 Å². The number of likely N-dealkylation sites (tertiary alicyclic amines) is 1. The first kappa shape index (κ1) is 14.9. The zero-order valence-corrected chi connectivity index (χ0v) is 11.2. The van der Waals surface area contributed by atoms with Crippen LogP contribution in [0.1, 0.15) is 39.5 Å². The van der Waals surface area contributed by atoms with Gasteiger partial charge in [-0.1, -0.05) is 12.8 Å². The van der Waals surface area contributed by atoms with Gasteiger partial charge in [0.1, 0.15) is 0 Å². The molecule has 0 aromatic carbocycles. The van der Waals surface area contributed by atoms with E-state index in [1.54, 1.807) is 0 Å². The smallest absolute Gasteiger partial charge is 0.170 e. The Morgan fingerprint density at radius 3 is 2.47 bits per heavy atom. The number of aliphatic hydroxyl groups excluding tert-OH is 1. The minimum atomic E-state index is -0.155. The van der Waals surface area contributed by atoms with Gasteiger partial charge >= 0.3 is 0 Å². The molecule has 0 aromatic rings. The molecule has 102 valence electrons. The Morgan fingerprint density at radius 2 is 1.88 bits per heavy atom. The lowest BCUT2D eigenvalue weighted by Crippen LogP contribution is -2.43. The predicted molar refractivity (Wildman–Crippen MR) is 68.0 cm³/mol. The Labute approximate surface area is 105 Å². The van der Waals surface area contributed by atoms with Crippen LogP contribution in [-0.4, -0.2) is 55.2 Å². The monoisotopic (exact) mass is 245 g/mol. The molecule has 17 heavy (non-hydrogen) atoms. The highest BCUT2D eigenvalue weighted by molar-refractivity contribution is 4.75. The number of ether oxygens (including phenoxy) is 2. The summed E-state index contributed by atoms with van der Waals surface area (Å²) in [5, 5.41) is 9.44. The van der Waals surface area contributed by atoms with Crippen molar-refractivity contribution in [3.63, 3.8) is 0 Å². The van der Waals surface area contributed by atoms with Crippen LogP contribution >= 0.6 is 0 Å². The molecule has 0 bridgehead atoms. The van der Waals surface area contributed by atoms with Crippen LogP contribution in [0.25, 0.3) is 0 Å². The summed E-state index contributed by atoms with van der Waals surface area (Å²) >= 11 is 0. The highest BCUT2D eigenvalue weighted by Gasteiger charge is 2.23. The van der Waals surface area contributed by atoms with Crippen molar-refractivity contribution in [3.05, 3.63) is 0 Å². The molecular formula is C13H27NO3. The van der Waals surface area contributed by atoms with Crippen LogP contribution < -0.4 is 0 Å². The maximum Gasteiger partial charge on any atom is 0.170 e. The summed E-state index contributed by atoms with van der Waals surface area (Å²) in [5.41, 5.74) is 0. The molecule has 4 nitrogen and oxygen atoms in total. The molecule has 1 fully saturated rings. The van der Waals surface area contributed by atoms with Gasteiger partial charge in [-0.15, -0.1) is 0 Å². The molecule has 1 rings (SSSR count). The van der Waals surface area contributed by atoms with E-state index in [1.807, 2.05) is 13.8 Å². The number of hydrogen-bond donors (Lipinski definition) is 1. The normalized spacial score (nSPS) is 22.9. The summed E-state index contributed by atoms with van der Waals surface area (Å²) in [7, 11) is 0. The molecule has 4 heteroatoms. The van der Waals surface area contributed by atoms with Crippen LogP contribution in [0.15, 0.2) is 0 Å². The molecule has 0 radical (unpaired) electrons. The van der Waals surface area contributed by atoms with Crippen molar-refractivity contribution in [1.29, 1.82) is 0 Å². The lowest BCUT2D eigenvalue weighted by Gasteiger charge is -2.31. The fourth-order valence-corrected chi connectivity index (χ4v) is 2.40. The molecule has 1 saturated heterocycles. The van der Waals surface area contributed by atoms with Crippen LogP contribution in [0, 0.1) is 0 Å². The number of rotatable bonds is 7. The second kappa shape index (κ2) is 8.86. The van der Waals surface area contributed by atoms with E-state index in [-0.39, 0.29) is 18.9 Å². The van der Waals surface area contributed by atoms with Crippen LogP contribution in [0.2, 0.25) is 0 Å². The van der Waals surface area contributed by atoms with Crippen LogP contribution in [0.4, 0.5) is 0 Å². The van der Waals surface area contributed by atoms with E-state index in [2.05, 4.69) is 4.90 Å². The lowest BCUT2D eigenvalue weighted by atomic mass is 10.1. The summed E-state index contributed by atoms with van der Waals surface area (Å²) in [6.07, 6.45) is 4.62. The molecule has 1 aliphatic heterocycles. The Morgan fingerprint density at radius 1 is 1.18 bits per heavy atom. The third-order valence-corrected chi connectivity index (χ3v) is 3.30. The Hall–Kier alpha value is -0.160. The highest BCUT2D eigenvalue weighted by atomic mass is 16.7. The van der Waals surface area contributed by atoms with Gasteiger partial charge in [0, 0.05) is 25.8 Å². The van der Waals surface area contributed by atoms with Gasteiger partial charge in [-0.05, 0) is 33.2 Å². The molecule has 0 aromatic heterocycles. The fraction of sp³-hybridized carbons (Fsp3) is 1.00. The largest absolute Gasteiger partial charge is 0.395 e. The van der Waals surface area contributed by atoms with Gasteiger partial charge in [0.05, 0.1) is 6.61 Å². The molecule has 1 heterocycles. The van der Waals surface area contributed by atoms with Crippen molar-refractivity contribution < 1.29 is 14.6 Å². The van der Waals surface area contributed by atoms with Gasteiger partial charge in [-0.2, -0.15) is 0 Å². The van der Waals surface area contributed by atoms with Gasteiger partial charge in [-0.3, -0.25) is 4.90 Å². The summed E-state index contributed by atoms with van der Waals surface area (Å²) in [4.78, 5) is 2.32. The van der Waals surface area contributed by atoms with Crippen LogP contribution in [0.3, 0.4) is 0 Å². The molecule has 0 saturated carbocycles. The average Bonchev–Trinajstić information content (AvgIpc) is 2.55. The van der Waals surface area contributed by atoms with E-state index in [0.29, 0.717) is 13.2 Å². The van der Waals surface area contributed by atoms with Crippen molar-refractivity contribution in [2.24, 2.45) is 0 Å². The van der Waals surface area contributed by atoms with Gasteiger partial charge in [0.25, 0.3) is 0 Å². The van der Waals surface area contributed by atoms with Crippen LogP contribution in [-0.2, 0) is 9.47 Å². The quantitative estimate of drug-likeness (QED) is 0.692. The number of aliphatic hydroxyl groups is 1. The summed E-state index contributed by atoms with van der Waals surface area (Å²) in [6.45, 7) is 7.36. The number of hydrogen-bond acceptors (Lipinski definition) is 4. The molecule has 1 unspecified atom stereocenters. The first-order valence-electron chi connectivity index (χ1n) is 6.89. The van der Waals surface area contributed by atoms with Gasteiger partial charge in [-0.25, -0.2) is 0 Å². The fourth-order valence-electron chi connectivity index (χ4n) is 2.40. The Bertz CT molecular complexity index is 184. The molecular weight excluding hydrogens is 218 g/mol. The molecule has 1 N–H and O–H groups in total. The van der Waals surface area contributed by atoms with Crippen LogP contribution in [0.5, 0.6) is 0 Å². The predicted octanol–water partition coefficient (Wildman–Crippen LogP) is 1.62. The maximum atomic E-state index is 9.44. The Kier molecular flexibility index (Phi) is 7.77. The molecule has 0 amide bonds. The van der Waals surface area contributed by atoms with E-state index < -0.39 is 0 Å². The van der Waals surface area contributed by atoms with E-state index >= 15 is 0 Å². The second-order valence-corrected chi connectivity index (χ2v) is 4.52. The Balaban J connectivity index is 2.47. The SMILES string of the molecule is CCOC(CN1CCCCCC1CO)OCC. The zero-order valence-electron chi connectivity index (χ0n) is 11.2. The van der Waals surface area contributed by atoms with E-state index in [0.717, 1.165) is 19.5 Å². The molecule has 1 atom stereocenters. The third-order valence-electron chi connectivity index (χ3n) is 3.30. The molecule has 0 aliphatic carbocycles. The van der Waals surface area contributed by atoms with E-state index in [1.165, 1.54) is 19.3 Å². The second-order valence-electron chi connectivity index (χ2n) is 4.52. The maximum absolute atomic E-state index is 9.44. The van der Waals surface area contributed by atoms with Crippen molar-refractivity contribution >= 4 is 0 Å². The minimum absolute atomic E-state index is 0.155. The summed E-state index contributed by atoms with van der Waals surface area (Å²) < 4.78 is 11.1. The zero-order chi connectivity index (χ0) is 12.5. The van der Waals surface area contributed by atoms with Gasteiger partial charge in [0.15, 0.2) is 6.29 Å². The van der Waals surface area contributed by atoms with Crippen molar-refractivity contribution in [3.8, 4) is 0 Å². The minimum Gasteiger partial charge on any atom is -0.395 e. The van der Waals surface area contributed by atoms with Crippen molar-refractivity contribution in [2.45, 2.75) is 51.9 Å². The topological polar surface area (TPSA) is 41.9 Å². The summed E-state index contributed by atoms with van der Waals surface area (Å²) in [5.74, 6) is 0. The van der Waals surface area contributed by atoms with Gasteiger partial charge < -0.3 is 14.6 Å². The van der Waals surface area contributed by atoms with E-state index in [9.17, 15) is 5.11 Å². The first-order chi connectivity index (χ1) is 8.31. The lowest BCUT2D eigenvalue weighted by molar-refractivity contribution is -0.151.